The summed E-state index contributed by atoms with van der Waals surface area (Å²) < 4.78 is 6.53. The van der Waals surface area contributed by atoms with Crippen molar-refractivity contribution in [3.8, 4) is 5.75 Å². The summed E-state index contributed by atoms with van der Waals surface area (Å²) in [6.45, 7) is 6.38. The fourth-order valence-corrected chi connectivity index (χ4v) is 1.65. The SMILES string of the molecule is C=C(CS)COc1ccc(C)cc1Br. The number of hydrogen-bond donors (Lipinski definition) is 1. The Bertz CT molecular complexity index is 336. The van der Waals surface area contributed by atoms with Crippen LogP contribution in [0, 0.1) is 6.92 Å². The molecule has 1 rings (SSSR count). The van der Waals surface area contributed by atoms with Gasteiger partial charge in [-0.25, -0.2) is 0 Å². The van der Waals surface area contributed by atoms with Gasteiger partial charge in [0.2, 0.25) is 0 Å². The maximum absolute atomic E-state index is 5.55. The van der Waals surface area contributed by atoms with E-state index in [4.69, 9.17) is 4.74 Å². The van der Waals surface area contributed by atoms with E-state index in [0.717, 1.165) is 15.8 Å². The van der Waals surface area contributed by atoms with Gasteiger partial charge in [0.25, 0.3) is 0 Å². The van der Waals surface area contributed by atoms with E-state index in [-0.39, 0.29) is 0 Å². The van der Waals surface area contributed by atoms with E-state index in [0.29, 0.717) is 12.4 Å². The molecule has 1 nitrogen and oxygen atoms in total. The van der Waals surface area contributed by atoms with Gasteiger partial charge in [-0.3, -0.25) is 0 Å². The van der Waals surface area contributed by atoms with Crippen LogP contribution in [0.25, 0.3) is 0 Å². The molecule has 14 heavy (non-hydrogen) atoms. The number of ether oxygens (including phenoxy) is 1. The molecule has 0 aliphatic heterocycles. The van der Waals surface area contributed by atoms with Crippen LogP contribution in [0.15, 0.2) is 34.8 Å². The smallest absolute Gasteiger partial charge is 0.133 e. The molecule has 3 heteroatoms. The molecule has 0 aliphatic rings. The molecular weight excluding hydrogens is 260 g/mol. The van der Waals surface area contributed by atoms with Gasteiger partial charge in [-0.15, -0.1) is 0 Å². The summed E-state index contributed by atoms with van der Waals surface area (Å²) in [6.07, 6.45) is 0. The Labute approximate surface area is 98.7 Å². The number of halogens is 1. The number of hydrogen-bond acceptors (Lipinski definition) is 2. The van der Waals surface area contributed by atoms with Crippen molar-refractivity contribution in [3.63, 3.8) is 0 Å². The highest BCUT2D eigenvalue weighted by molar-refractivity contribution is 9.10. The maximum Gasteiger partial charge on any atom is 0.133 e. The van der Waals surface area contributed by atoms with Crippen molar-refractivity contribution in [2.75, 3.05) is 12.4 Å². The number of rotatable bonds is 4. The van der Waals surface area contributed by atoms with Gasteiger partial charge in [0.15, 0.2) is 0 Å². The van der Waals surface area contributed by atoms with E-state index in [2.05, 4.69) is 35.1 Å². The average Bonchev–Trinajstić information content (AvgIpc) is 2.16. The fraction of sp³-hybridized carbons (Fsp3) is 0.273. The molecule has 0 saturated carbocycles. The Hall–Kier alpha value is -0.410. The van der Waals surface area contributed by atoms with Gasteiger partial charge >= 0.3 is 0 Å². The molecule has 0 bridgehead atoms. The molecule has 0 heterocycles. The first kappa shape index (κ1) is 11.7. The Kier molecular flexibility index (Phi) is 4.55. The zero-order valence-electron chi connectivity index (χ0n) is 8.09. The fourth-order valence-electron chi connectivity index (χ4n) is 0.948. The van der Waals surface area contributed by atoms with Crippen LogP contribution in [-0.4, -0.2) is 12.4 Å². The van der Waals surface area contributed by atoms with E-state index in [1.165, 1.54) is 5.56 Å². The third kappa shape index (κ3) is 3.39. The molecule has 0 radical (unpaired) electrons. The van der Waals surface area contributed by atoms with E-state index in [1.807, 2.05) is 25.1 Å². The van der Waals surface area contributed by atoms with Gasteiger partial charge in [-0.05, 0) is 46.1 Å². The van der Waals surface area contributed by atoms with Gasteiger partial charge in [0.05, 0.1) is 4.47 Å². The highest BCUT2D eigenvalue weighted by atomic mass is 79.9. The van der Waals surface area contributed by atoms with Gasteiger partial charge < -0.3 is 4.74 Å². The van der Waals surface area contributed by atoms with Gasteiger partial charge in [0, 0.05) is 5.75 Å². The van der Waals surface area contributed by atoms with Crippen molar-refractivity contribution in [3.05, 3.63) is 40.4 Å². The lowest BCUT2D eigenvalue weighted by Gasteiger charge is -2.09. The largest absolute Gasteiger partial charge is 0.488 e. The molecule has 0 amide bonds. The number of aryl methyl sites for hydroxylation is 1. The van der Waals surface area contributed by atoms with Crippen molar-refractivity contribution in [1.82, 2.24) is 0 Å². The van der Waals surface area contributed by atoms with Crippen molar-refractivity contribution < 1.29 is 4.74 Å². The summed E-state index contributed by atoms with van der Waals surface area (Å²) in [7, 11) is 0. The first-order chi connectivity index (χ1) is 6.63. The van der Waals surface area contributed by atoms with Crippen molar-refractivity contribution >= 4 is 28.6 Å². The van der Waals surface area contributed by atoms with E-state index in [1.54, 1.807) is 0 Å². The summed E-state index contributed by atoms with van der Waals surface area (Å²) in [5.74, 6) is 1.50. The molecule has 0 saturated heterocycles. The monoisotopic (exact) mass is 272 g/mol. The molecule has 0 fully saturated rings. The molecular formula is C11H13BrOS. The third-order valence-electron chi connectivity index (χ3n) is 1.74. The molecule has 1 aromatic rings. The van der Waals surface area contributed by atoms with Gasteiger partial charge in [-0.2, -0.15) is 12.6 Å². The van der Waals surface area contributed by atoms with Crippen LogP contribution in [-0.2, 0) is 0 Å². The van der Waals surface area contributed by atoms with E-state index < -0.39 is 0 Å². The third-order valence-corrected chi connectivity index (χ3v) is 2.81. The Balaban J connectivity index is 2.63. The molecule has 0 atom stereocenters. The average molecular weight is 273 g/mol. The van der Waals surface area contributed by atoms with Gasteiger partial charge in [0.1, 0.15) is 12.4 Å². The van der Waals surface area contributed by atoms with E-state index >= 15 is 0 Å². The van der Waals surface area contributed by atoms with Crippen LogP contribution in [0.2, 0.25) is 0 Å². The first-order valence-electron chi connectivity index (χ1n) is 4.30. The molecule has 0 unspecified atom stereocenters. The highest BCUT2D eigenvalue weighted by Gasteiger charge is 2.01. The summed E-state index contributed by atoms with van der Waals surface area (Å²) in [5, 5.41) is 0. The summed E-state index contributed by atoms with van der Waals surface area (Å²) in [4.78, 5) is 0. The van der Waals surface area contributed by atoms with Crippen LogP contribution < -0.4 is 4.74 Å². The normalized spacial score (nSPS) is 9.93. The minimum absolute atomic E-state index is 0.519. The first-order valence-corrected chi connectivity index (χ1v) is 5.72. The standard InChI is InChI=1S/C11H13BrOS/c1-8-3-4-11(10(12)5-8)13-6-9(2)7-14/h3-5,14H,2,6-7H2,1H3. The van der Waals surface area contributed by atoms with Crippen LogP contribution in [0.1, 0.15) is 5.56 Å². The lowest BCUT2D eigenvalue weighted by molar-refractivity contribution is 0.351. The van der Waals surface area contributed by atoms with Crippen molar-refractivity contribution in [2.24, 2.45) is 0 Å². The molecule has 76 valence electrons. The van der Waals surface area contributed by atoms with Gasteiger partial charge in [-0.1, -0.05) is 12.6 Å². The summed E-state index contributed by atoms with van der Waals surface area (Å²) in [6, 6.07) is 5.99. The van der Waals surface area contributed by atoms with Crippen molar-refractivity contribution in [2.45, 2.75) is 6.92 Å². The molecule has 0 N–H and O–H groups in total. The number of benzene rings is 1. The topological polar surface area (TPSA) is 9.23 Å². The van der Waals surface area contributed by atoms with E-state index in [9.17, 15) is 0 Å². The highest BCUT2D eigenvalue weighted by Crippen LogP contribution is 2.25. The second-order valence-corrected chi connectivity index (χ2v) is 4.30. The second kappa shape index (κ2) is 5.47. The maximum atomic E-state index is 5.55. The predicted octanol–water partition coefficient (Wildman–Crippen LogP) is 3.62. The summed E-state index contributed by atoms with van der Waals surface area (Å²) >= 11 is 7.56. The second-order valence-electron chi connectivity index (χ2n) is 3.13. The summed E-state index contributed by atoms with van der Waals surface area (Å²) in [5.41, 5.74) is 2.18. The molecule has 0 aliphatic carbocycles. The quantitative estimate of drug-likeness (QED) is 0.651. The zero-order valence-corrected chi connectivity index (χ0v) is 10.6. The molecule has 1 aromatic carbocycles. The molecule has 0 aromatic heterocycles. The predicted molar refractivity (Wildman–Crippen MR) is 67.4 cm³/mol. The number of thiol groups is 1. The minimum atomic E-state index is 0.519. The van der Waals surface area contributed by atoms with Crippen LogP contribution in [0.4, 0.5) is 0 Å². The zero-order chi connectivity index (χ0) is 10.6. The van der Waals surface area contributed by atoms with Crippen LogP contribution >= 0.6 is 28.6 Å². The Morgan fingerprint density at radius 1 is 1.57 bits per heavy atom. The minimum Gasteiger partial charge on any atom is -0.488 e. The Morgan fingerprint density at radius 2 is 2.29 bits per heavy atom. The molecule has 0 spiro atoms. The van der Waals surface area contributed by atoms with Crippen LogP contribution in [0.3, 0.4) is 0 Å². The Morgan fingerprint density at radius 3 is 2.86 bits per heavy atom. The van der Waals surface area contributed by atoms with Crippen LogP contribution in [0.5, 0.6) is 5.75 Å². The van der Waals surface area contributed by atoms with Crippen molar-refractivity contribution in [1.29, 1.82) is 0 Å². The lowest BCUT2D eigenvalue weighted by atomic mass is 10.2. The lowest BCUT2D eigenvalue weighted by Crippen LogP contribution is -2.01.